The number of hydrogen-bond donors (Lipinski definition) is 1. The summed E-state index contributed by atoms with van der Waals surface area (Å²) in [7, 11) is 0. The van der Waals surface area contributed by atoms with Gasteiger partial charge in [0, 0.05) is 32.2 Å². The van der Waals surface area contributed by atoms with Crippen LogP contribution >= 0.6 is 0 Å². The minimum atomic E-state index is 0.447. The predicted molar refractivity (Wildman–Crippen MR) is 79.3 cm³/mol. The number of rotatable bonds is 6. The molecule has 3 nitrogen and oxygen atoms in total. The van der Waals surface area contributed by atoms with Gasteiger partial charge in [-0.1, -0.05) is 44.2 Å². The molecule has 1 aliphatic heterocycles. The molecule has 1 aromatic carbocycles. The van der Waals surface area contributed by atoms with Gasteiger partial charge >= 0.3 is 0 Å². The van der Waals surface area contributed by atoms with Gasteiger partial charge in [-0.2, -0.15) is 0 Å². The number of nitrogens with one attached hydrogen (secondary N) is 1. The third-order valence-corrected chi connectivity index (χ3v) is 3.72. The Morgan fingerprint density at radius 1 is 1.16 bits per heavy atom. The lowest BCUT2D eigenvalue weighted by molar-refractivity contribution is 0.0379. The van der Waals surface area contributed by atoms with E-state index in [1.165, 1.54) is 5.56 Å². The summed E-state index contributed by atoms with van der Waals surface area (Å²) in [6, 6.07) is 11.2. The average molecular weight is 262 g/mol. The van der Waals surface area contributed by atoms with E-state index in [0.29, 0.717) is 12.0 Å². The molecule has 2 rings (SSSR count). The minimum Gasteiger partial charge on any atom is -0.379 e. The minimum absolute atomic E-state index is 0.447. The van der Waals surface area contributed by atoms with E-state index in [1.807, 2.05) is 0 Å². The molecule has 1 N–H and O–H groups in total. The molecule has 1 unspecified atom stereocenters. The molecule has 3 heteroatoms. The molecule has 19 heavy (non-hydrogen) atoms. The maximum Gasteiger partial charge on any atom is 0.0594 e. The summed E-state index contributed by atoms with van der Waals surface area (Å²) in [6.45, 7) is 10.6. The Hall–Kier alpha value is -0.900. The first-order valence-electron chi connectivity index (χ1n) is 7.36. The van der Waals surface area contributed by atoms with E-state index in [9.17, 15) is 0 Å². The summed E-state index contributed by atoms with van der Waals surface area (Å²) in [5.74, 6) is 0.604. The van der Waals surface area contributed by atoms with Crippen LogP contribution < -0.4 is 5.32 Å². The Kier molecular flexibility index (Phi) is 5.83. The smallest absolute Gasteiger partial charge is 0.0594 e. The van der Waals surface area contributed by atoms with E-state index in [-0.39, 0.29) is 0 Å². The maximum absolute atomic E-state index is 5.37. The second-order valence-electron chi connectivity index (χ2n) is 5.54. The van der Waals surface area contributed by atoms with Crippen molar-refractivity contribution in [3.8, 4) is 0 Å². The molecule has 0 spiro atoms. The van der Waals surface area contributed by atoms with Gasteiger partial charge in [-0.25, -0.2) is 0 Å². The van der Waals surface area contributed by atoms with Gasteiger partial charge in [-0.3, -0.25) is 4.90 Å². The molecule has 0 amide bonds. The molecule has 1 fully saturated rings. The van der Waals surface area contributed by atoms with Gasteiger partial charge in [0.1, 0.15) is 0 Å². The van der Waals surface area contributed by atoms with Gasteiger partial charge in [0.25, 0.3) is 0 Å². The normalized spacial score (nSPS) is 18.7. The quantitative estimate of drug-likeness (QED) is 0.851. The fraction of sp³-hybridized carbons (Fsp3) is 0.625. The summed E-state index contributed by atoms with van der Waals surface area (Å²) in [4.78, 5) is 2.47. The molecule has 1 aliphatic rings. The standard InChI is InChI=1S/C16H26N2O/c1-14(2)16(15-6-4-3-5-7-15)17-8-9-18-10-12-19-13-11-18/h3-7,14,16-17H,8-13H2,1-2H3. The first-order valence-corrected chi connectivity index (χ1v) is 7.36. The van der Waals surface area contributed by atoms with Crippen molar-refractivity contribution in [2.24, 2.45) is 5.92 Å². The van der Waals surface area contributed by atoms with Gasteiger partial charge in [0.15, 0.2) is 0 Å². The van der Waals surface area contributed by atoms with Gasteiger partial charge in [0.2, 0.25) is 0 Å². The highest BCUT2D eigenvalue weighted by atomic mass is 16.5. The molecule has 0 aliphatic carbocycles. The number of ether oxygens (including phenoxy) is 1. The van der Waals surface area contributed by atoms with Crippen molar-refractivity contribution >= 4 is 0 Å². The van der Waals surface area contributed by atoms with E-state index >= 15 is 0 Å². The highest BCUT2D eigenvalue weighted by Crippen LogP contribution is 2.20. The molecule has 0 radical (unpaired) electrons. The lowest BCUT2D eigenvalue weighted by atomic mass is 9.96. The zero-order chi connectivity index (χ0) is 13.5. The van der Waals surface area contributed by atoms with Crippen LogP contribution in [-0.2, 0) is 4.74 Å². The molecule has 106 valence electrons. The average Bonchev–Trinajstić information content (AvgIpc) is 2.45. The van der Waals surface area contributed by atoms with Crippen LogP contribution in [-0.4, -0.2) is 44.3 Å². The first kappa shape index (κ1) is 14.5. The molecule has 1 heterocycles. The van der Waals surface area contributed by atoms with Crippen LogP contribution in [0.4, 0.5) is 0 Å². The monoisotopic (exact) mass is 262 g/mol. The van der Waals surface area contributed by atoms with E-state index in [4.69, 9.17) is 4.74 Å². The second kappa shape index (κ2) is 7.63. The predicted octanol–water partition coefficient (Wildman–Crippen LogP) is 2.31. The van der Waals surface area contributed by atoms with Crippen molar-refractivity contribution in [2.75, 3.05) is 39.4 Å². The van der Waals surface area contributed by atoms with Crippen molar-refractivity contribution in [3.05, 3.63) is 35.9 Å². The highest BCUT2D eigenvalue weighted by molar-refractivity contribution is 5.19. The molecule has 1 aromatic rings. The number of nitrogens with zero attached hydrogens (tertiary/aromatic N) is 1. The lowest BCUT2D eigenvalue weighted by Crippen LogP contribution is -2.41. The Balaban J connectivity index is 1.80. The van der Waals surface area contributed by atoms with Crippen LogP contribution in [0.5, 0.6) is 0 Å². The second-order valence-corrected chi connectivity index (χ2v) is 5.54. The van der Waals surface area contributed by atoms with Gasteiger partial charge in [0.05, 0.1) is 13.2 Å². The fourth-order valence-corrected chi connectivity index (χ4v) is 2.60. The van der Waals surface area contributed by atoms with Crippen LogP contribution in [0.1, 0.15) is 25.5 Å². The topological polar surface area (TPSA) is 24.5 Å². The van der Waals surface area contributed by atoms with E-state index in [2.05, 4.69) is 54.4 Å². The van der Waals surface area contributed by atoms with Crippen LogP contribution in [0, 0.1) is 5.92 Å². The van der Waals surface area contributed by atoms with Crippen LogP contribution in [0.15, 0.2) is 30.3 Å². The van der Waals surface area contributed by atoms with E-state index < -0.39 is 0 Å². The summed E-state index contributed by atoms with van der Waals surface area (Å²) >= 11 is 0. The van der Waals surface area contributed by atoms with Crippen molar-refractivity contribution in [1.82, 2.24) is 10.2 Å². The van der Waals surface area contributed by atoms with Crippen molar-refractivity contribution in [3.63, 3.8) is 0 Å². The van der Waals surface area contributed by atoms with Crippen molar-refractivity contribution in [1.29, 1.82) is 0 Å². The zero-order valence-electron chi connectivity index (χ0n) is 12.1. The molecule has 1 saturated heterocycles. The summed E-state index contributed by atoms with van der Waals surface area (Å²) in [5.41, 5.74) is 1.39. The molecule has 0 saturated carbocycles. The number of morpholine rings is 1. The largest absolute Gasteiger partial charge is 0.379 e. The van der Waals surface area contributed by atoms with Gasteiger partial charge < -0.3 is 10.1 Å². The Morgan fingerprint density at radius 2 is 1.84 bits per heavy atom. The van der Waals surface area contributed by atoms with Crippen molar-refractivity contribution in [2.45, 2.75) is 19.9 Å². The molecular formula is C16H26N2O. The molecule has 1 atom stereocenters. The SMILES string of the molecule is CC(C)C(NCCN1CCOCC1)c1ccccc1. The lowest BCUT2D eigenvalue weighted by Gasteiger charge is -2.29. The Labute approximate surface area is 116 Å². The van der Waals surface area contributed by atoms with Gasteiger partial charge in [-0.05, 0) is 11.5 Å². The van der Waals surface area contributed by atoms with Gasteiger partial charge in [-0.15, -0.1) is 0 Å². The summed E-state index contributed by atoms with van der Waals surface area (Å²) in [6.07, 6.45) is 0. The van der Waals surface area contributed by atoms with Crippen LogP contribution in [0.25, 0.3) is 0 Å². The van der Waals surface area contributed by atoms with E-state index in [1.54, 1.807) is 0 Å². The number of hydrogen-bond acceptors (Lipinski definition) is 3. The third-order valence-electron chi connectivity index (χ3n) is 3.72. The van der Waals surface area contributed by atoms with Crippen LogP contribution in [0.2, 0.25) is 0 Å². The molecule has 0 bridgehead atoms. The summed E-state index contributed by atoms with van der Waals surface area (Å²) in [5, 5.41) is 3.70. The van der Waals surface area contributed by atoms with Crippen molar-refractivity contribution < 1.29 is 4.74 Å². The number of benzene rings is 1. The maximum atomic E-state index is 5.37. The molecule has 0 aromatic heterocycles. The Morgan fingerprint density at radius 3 is 2.47 bits per heavy atom. The highest BCUT2D eigenvalue weighted by Gasteiger charge is 2.15. The fourth-order valence-electron chi connectivity index (χ4n) is 2.60. The molecular weight excluding hydrogens is 236 g/mol. The van der Waals surface area contributed by atoms with Crippen LogP contribution in [0.3, 0.4) is 0 Å². The van der Waals surface area contributed by atoms with E-state index in [0.717, 1.165) is 39.4 Å². The zero-order valence-corrected chi connectivity index (χ0v) is 12.1. The third kappa shape index (κ3) is 4.60. The Bertz CT molecular complexity index is 347. The summed E-state index contributed by atoms with van der Waals surface area (Å²) < 4.78 is 5.37. The first-order chi connectivity index (χ1) is 9.27.